The van der Waals surface area contributed by atoms with Gasteiger partial charge in [-0.1, -0.05) is 24.0 Å². The van der Waals surface area contributed by atoms with E-state index in [0.717, 1.165) is 17.8 Å². The lowest BCUT2D eigenvalue weighted by atomic mass is 9.98. The monoisotopic (exact) mass is 732 g/mol. The Balaban J connectivity index is 0.00000368. The molecule has 0 N–H and O–H groups in total. The predicted molar refractivity (Wildman–Crippen MR) is 178 cm³/mol. The largest absolute Gasteiger partial charge is 0.416 e. The molecule has 1 atom stereocenters. The average Bonchev–Trinajstić information content (AvgIpc) is 2.94. The molecule has 2 aliphatic heterocycles. The predicted octanol–water partition coefficient (Wildman–Crippen LogP) is 6.54. The van der Waals surface area contributed by atoms with Crippen LogP contribution in [0.3, 0.4) is 0 Å². The summed E-state index contributed by atoms with van der Waals surface area (Å²) in [6.45, 7) is 8.11. The minimum Gasteiger partial charge on any atom is -0.378 e. The fourth-order valence-corrected chi connectivity index (χ4v) is 5.49. The number of piperazine rings is 1. The number of carbonyl (C=O) groups is 1. The first-order valence-electron chi connectivity index (χ1n) is 14.4. The van der Waals surface area contributed by atoms with Crippen LogP contribution in [0.4, 0.5) is 32.0 Å². The molecule has 0 aromatic heterocycles. The highest BCUT2D eigenvalue weighted by Crippen LogP contribution is 2.37. The van der Waals surface area contributed by atoms with Crippen molar-refractivity contribution in [1.29, 1.82) is 0 Å². The van der Waals surface area contributed by atoms with Crippen molar-refractivity contribution in [2.45, 2.75) is 44.2 Å². The van der Waals surface area contributed by atoms with Crippen LogP contribution < -0.4 is 4.90 Å². The lowest BCUT2D eigenvalue weighted by Gasteiger charge is -2.41. The molecule has 47 heavy (non-hydrogen) atoms. The van der Waals surface area contributed by atoms with Gasteiger partial charge in [0.15, 0.2) is 0 Å². The highest BCUT2D eigenvalue weighted by Gasteiger charge is 2.39. The van der Waals surface area contributed by atoms with Crippen LogP contribution in [0.2, 0.25) is 0 Å². The summed E-state index contributed by atoms with van der Waals surface area (Å²) in [6, 6.07) is 8.19. The molecule has 2 aliphatic rings. The molecule has 1 amide bonds. The number of benzene rings is 2. The van der Waals surface area contributed by atoms with Crippen LogP contribution in [0.1, 0.15) is 40.9 Å². The fraction of sp³-hybridized carbons (Fsp3) is 0.531. The molecule has 1 unspecified atom stereocenters. The molecule has 2 aromatic rings. The van der Waals surface area contributed by atoms with Crippen LogP contribution in [0, 0.1) is 11.8 Å². The molecule has 2 aromatic carbocycles. The molecular formula is C32H41Cl3F6N4O2. The quantitative estimate of drug-likeness (QED) is 0.249. The van der Waals surface area contributed by atoms with Crippen LogP contribution in [0.25, 0.3) is 0 Å². The maximum Gasteiger partial charge on any atom is 0.416 e. The van der Waals surface area contributed by atoms with Gasteiger partial charge in [-0.2, -0.15) is 26.3 Å². The molecule has 264 valence electrons. The number of rotatable bonds is 6. The van der Waals surface area contributed by atoms with E-state index in [-0.39, 0.29) is 55.4 Å². The van der Waals surface area contributed by atoms with Gasteiger partial charge >= 0.3 is 12.4 Å². The van der Waals surface area contributed by atoms with Crippen molar-refractivity contribution in [3.63, 3.8) is 0 Å². The van der Waals surface area contributed by atoms with Gasteiger partial charge in [-0.15, -0.1) is 37.2 Å². The Bertz CT molecular complexity index is 1360. The summed E-state index contributed by atoms with van der Waals surface area (Å²) in [4.78, 5) is 21.3. The highest BCUT2D eigenvalue weighted by molar-refractivity contribution is 5.95. The average molecular weight is 734 g/mol. The van der Waals surface area contributed by atoms with Gasteiger partial charge in [0.2, 0.25) is 0 Å². The fourth-order valence-electron chi connectivity index (χ4n) is 5.49. The number of hydrogen-bond donors (Lipinski definition) is 0. The van der Waals surface area contributed by atoms with Crippen molar-refractivity contribution < 1.29 is 35.9 Å². The number of nitrogens with zero attached hydrogens (tertiary/aromatic N) is 4. The maximum absolute atomic E-state index is 13.7. The summed E-state index contributed by atoms with van der Waals surface area (Å²) < 4.78 is 86.8. The first-order valence-corrected chi connectivity index (χ1v) is 14.4. The molecule has 2 saturated heterocycles. The number of carbonyl (C=O) groups excluding carboxylic acids is 1. The Hall–Kier alpha value is -2.40. The SMILES string of the molecule is CN(C)c1cccc(CC2CN(CC#CCN3CCOCC3(C)C)CCN2C(=O)c2cc(C(F)(F)F)cc(C(F)(F)F)c2)c1.Cl.Cl.Cl. The lowest BCUT2D eigenvalue weighted by Crippen LogP contribution is -2.56. The van der Waals surface area contributed by atoms with E-state index < -0.39 is 41.0 Å². The molecule has 15 heteroatoms. The zero-order valence-corrected chi connectivity index (χ0v) is 29.0. The zero-order chi connectivity index (χ0) is 32.3. The minimum absolute atomic E-state index is 0. The van der Waals surface area contributed by atoms with Gasteiger partial charge in [0.25, 0.3) is 5.91 Å². The topological polar surface area (TPSA) is 39.3 Å². The van der Waals surface area contributed by atoms with E-state index in [1.807, 2.05) is 43.3 Å². The van der Waals surface area contributed by atoms with Crippen molar-refractivity contribution in [2.75, 3.05) is 71.5 Å². The number of amides is 1. The Labute approximate surface area is 291 Å². The molecular weight excluding hydrogens is 693 g/mol. The van der Waals surface area contributed by atoms with E-state index in [9.17, 15) is 31.1 Å². The second-order valence-corrected chi connectivity index (χ2v) is 12.1. The summed E-state index contributed by atoms with van der Waals surface area (Å²) in [7, 11) is 3.78. The van der Waals surface area contributed by atoms with Crippen molar-refractivity contribution in [2.24, 2.45) is 0 Å². The third kappa shape index (κ3) is 11.3. The molecule has 0 aliphatic carbocycles. The molecule has 0 bridgehead atoms. The van der Waals surface area contributed by atoms with Gasteiger partial charge in [0.05, 0.1) is 37.4 Å². The summed E-state index contributed by atoms with van der Waals surface area (Å²) in [5, 5.41) is 0. The Kier molecular flexibility index (Phi) is 15.7. The van der Waals surface area contributed by atoms with Crippen LogP contribution in [-0.4, -0.2) is 98.8 Å². The van der Waals surface area contributed by atoms with Crippen molar-refractivity contribution in [3.8, 4) is 11.8 Å². The molecule has 2 fully saturated rings. The van der Waals surface area contributed by atoms with E-state index in [1.165, 1.54) is 4.90 Å². The second kappa shape index (κ2) is 17.3. The third-order valence-electron chi connectivity index (χ3n) is 8.08. The first-order chi connectivity index (χ1) is 20.5. The van der Waals surface area contributed by atoms with Crippen LogP contribution >= 0.6 is 37.2 Å². The van der Waals surface area contributed by atoms with E-state index >= 15 is 0 Å². The Morgan fingerprint density at radius 1 is 0.915 bits per heavy atom. The molecule has 6 nitrogen and oxygen atoms in total. The van der Waals surface area contributed by atoms with E-state index in [0.29, 0.717) is 57.9 Å². The van der Waals surface area contributed by atoms with E-state index in [4.69, 9.17) is 4.74 Å². The number of ether oxygens (including phenoxy) is 1. The van der Waals surface area contributed by atoms with Gasteiger partial charge in [-0.25, -0.2) is 0 Å². The third-order valence-corrected chi connectivity index (χ3v) is 8.08. The maximum atomic E-state index is 13.7. The number of morpholine rings is 1. The van der Waals surface area contributed by atoms with Crippen molar-refractivity contribution in [1.82, 2.24) is 14.7 Å². The summed E-state index contributed by atoms with van der Waals surface area (Å²) in [6.07, 6.45) is -9.73. The normalized spacial score (nSPS) is 18.5. The summed E-state index contributed by atoms with van der Waals surface area (Å²) in [5.74, 6) is 5.56. The molecule has 0 spiro atoms. The minimum atomic E-state index is -5.05. The molecule has 2 heterocycles. The number of hydrogen-bond acceptors (Lipinski definition) is 5. The van der Waals surface area contributed by atoms with Crippen molar-refractivity contribution in [3.05, 3.63) is 64.7 Å². The summed E-state index contributed by atoms with van der Waals surface area (Å²) in [5.41, 5.74) is -1.97. The van der Waals surface area contributed by atoms with Crippen LogP contribution in [0.15, 0.2) is 42.5 Å². The second-order valence-electron chi connectivity index (χ2n) is 12.1. The highest BCUT2D eigenvalue weighted by atomic mass is 35.5. The van der Waals surface area contributed by atoms with Gasteiger partial charge in [-0.05, 0) is 56.2 Å². The molecule has 4 rings (SSSR count). The van der Waals surface area contributed by atoms with Gasteiger partial charge in [0, 0.05) is 63.1 Å². The van der Waals surface area contributed by atoms with Crippen LogP contribution in [0.5, 0.6) is 0 Å². The molecule has 0 radical (unpaired) electrons. The van der Waals surface area contributed by atoms with E-state index in [2.05, 4.69) is 35.5 Å². The first kappa shape index (κ1) is 42.6. The summed E-state index contributed by atoms with van der Waals surface area (Å²) >= 11 is 0. The zero-order valence-electron chi connectivity index (χ0n) is 26.6. The van der Waals surface area contributed by atoms with Gasteiger partial charge < -0.3 is 14.5 Å². The number of halogens is 9. The van der Waals surface area contributed by atoms with Gasteiger partial charge in [-0.3, -0.25) is 14.6 Å². The smallest absolute Gasteiger partial charge is 0.378 e. The standard InChI is InChI=1S/C32H38F6N4O2.3ClH/c1-30(2)22-44-15-14-41(30)11-6-5-10-40-12-13-42(28(21-40)17-23-8-7-9-27(16-23)39(3)4)29(43)24-18-25(31(33,34)35)20-26(19-24)32(36,37)38;;;/h7-9,16,18-20,28H,10-15,17,21-22H2,1-4H3;3*1H. The van der Waals surface area contributed by atoms with Crippen molar-refractivity contribution >= 4 is 48.8 Å². The Morgan fingerprint density at radius 2 is 1.53 bits per heavy atom. The van der Waals surface area contributed by atoms with Crippen LogP contribution in [-0.2, 0) is 23.5 Å². The van der Waals surface area contributed by atoms with Gasteiger partial charge in [0.1, 0.15) is 0 Å². The van der Waals surface area contributed by atoms with E-state index in [1.54, 1.807) is 0 Å². The molecule has 0 saturated carbocycles. The number of anilines is 1. The number of alkyl halides is 6. The lowest BCUT2D eigenvalue weighted by molar-refractivity contribution is -0.143. The Morgan fingerprint density at radius 3 is 2.11 bits per heavy atom.